The van der Waals surface area contributed by atoms with E-state index in [2.05, 4.69) is 10.3 Å². The first-order chi connectivity index (χ1) is 16.9. The largest absolute Gasteiger partial charge is 0.495 e. The number of rotatable bonds is 11. The molecule has 1 fully saturated rings. The van der Waals surface area contributed by atoms with Gasteiger partial charge in [-0.3, -0.25) is 14.6 Å². The summed E-state index contributed by atoms with van der Waals surface area (Å²) in [5.41, 5.74) is 2.14. The first-order valence-corrected chi connectivity index (χ1v) is 12.2. The summed E-state index contributed by atoms with van der Waals surface area (Å²) in [6.45, 7) is 2.80. The second-order valence-corrected chi connectivity index (χ2v) is 9.15. The Hall–Kier alpha value is -2.84. The van der Waals surface area contributed by atoms with E-state index in [1.165, 1.54) is 0 Å². The van der Waals surface area contributed by atoms with E-state index in [4.69, 9.17) is 30.9 Å². The molecule has 2 N–H and O–H groups in total. The summed E-state index contributed by atoms with van der Waals surface area (Å²) in [6, 6.07) is 6.86. The van der Waals surface area contributed by atoms with Gasteiger partial charge < -0.3 is 24.6 Å². The number of ether oxygens (including phenoxy) is 3. The molecule has 1 saturated carbocycles. The third-order valence-electron chi connectivity index (χ3n) is 6.41. The summed E-state index contributed by atoms with van der Waals surface area (Å²) in [5, 5.41) is 12.4. The number of pyridine rings is 1. The number of halogens is 1. The van der Waals surface area contributed by atoms with Crippen molar-refractivity contribution in [1.29, 1.82) is 0 Å². The minimum absolute atomic E-state index is 0.226. The maximum Gasteiger partial charge on any atom is 0.306 e. The molecule has 0 unspecified atom stereocenters. The number of hydrogen-bond acceptors (Lipinski definition) is 6. The number of carbonyl (C=O) groups is 2. The standard InChI is InChI=1S/C26H33ClN2O6/c1-4-19-12-20(23(34-3)14-28-19)24(15-33-2)35-22-10-9-18(11-21(22)27)25(30)29-13-16-5-7-17(8-6-16)26(31)32/h9-12,14,16-17,24H,4-8,13,15H2,1-3H3,(H,29,30)(H,31,32)/t16?,17?,24-/m0/s1. The highest BCUT2D eigenvalue weighted by Gasteiger charge is 2.26. The molecule has 1 aliphatic rings. The number of carbonyl (C=O) groups excluding carboxylic acids is 1. The molecule has 190 valence electrons. The molecule has 0 aliphatic heterocycles. The summed E-state index contributed by atoms with van der Waals surface area (Å²) in [7, 11) is 3.17. The molecule has 0 spiro atoms. The summed E-state index contributed by atoms with van der Waals surface area (Å²) in [4.78, 5) is 28.2. The molecule has 1 aliphatic carbocycles. The Morgan fingerprint density at radius 2 is 1.91 bits per heavy atom. The van der Waals surface area contributed by atoms with Gasteiger partial charge in [0, 0.05) is 30.5 Å². The smallest absolute Gasteiger partial charge is 0.306 e. The molecule has 8 nitrogen and oxygen atoms in total. The number of aliphatic carboxylic acids is 1. The van der Waals surface area contributed by atoms with Crippen molar-refractivity contribution in [2.24, 2.45) is 11.8 Å². The van der Waals surface area contributed by atoms with Gasteiger partial charge in [-0.2, -0.15) is 0 Å². The van der Waals surface area contributed by atoms with Gasteiger partial charge in [-0.15, -0.1) is 0 Å². The van der Waals surface area contributed by atoms with Crippen LogP contribution < -0.4 is 14.8 Å². The number of carboxylic acids is 1. The Kier molecular flexibility index (Phi) is 9.74. The third-order valence-corrected chi connectivity index (χ3v) is 6.71. The molecule has 0 bridgehead atoms. The minimum Gasteiger partial charge on any atom is -0.495 e. The maximum atomic E-state index is 12.7. The van der Waals surface area contributed by atoms with Gasteiger partial charge >= 0.3 is 5.97 Å². The van der Waals surface area contributed by atoms with Crippen LogP contribution in [0.25, 0.3) is 0 Å². The number of nitrogens with one attached hydrogen (secondary N) is 1. The molecule has 0 radical (unpaired) electrons. The van der Waals surface area contributed by atoms with Crippen molar-refractivity contribution in [3.8, 4) is 11.5 Å². The van der Waals surface area contributed by atoms with Crippen LogP contribution in [0.2, 0.25) is 5.02 Å². The minimum atomic E-state index is -0.731. The highest BCUT2D eigenvalue weighted by Crippen LogP contribution is 2.34. The average molecular weight is 505 g/mol. The highest BCUT2D eigenvalue weighted by atomic mass is 35.5. The van der Waals surface area contributed by atoms with Crippen molar-refractivity contribution < 1.29 is 28.9 Å². The van der Waals surface area contributed by atoms with E-state index in [9.17, 15) is 9.59 Å². The number of benzene rings is 1. The fraction of sp³-hybridized carbons (Fsp3) is 0.500. The van der Waals surface area contributed by atoms with Crippen molar-refractivity contribution in [1.82, 2.24) is 10.3 Å². The summed E-state index contributed by atoms with van der Waals surface area (Å²) >= 11 is 6.49. The number of hydrogen-bond donors (Lipinski definition) is 2. The number of aromatic nitrogens is 1. The quantitative estimate of drug-likeness (QED) is 0.457. The van der Waals surface area contributed by atoms with Crippen LogP contribution in [-0.4, -0.2) is 49.3 Å². The Balaban J connectivity index is 1.65. The molecule has 35 heavy (non-hydrogen) atoms. The Labute approximate surface area is 210 Å². The number of nitrogens with zero attached hydrogens (tertiary/aromatic N) is 1. The van der Waals surface area contributed by atoms with Crippen LogP contribution >= 0.6 is 11.6 Å². The molecule has 0 saturated heterocycles. The summed E-state index contributed by atoms with van der Waals surface area (Å²) < 4.78 is 17.0. The van der Waals surface area contributed by atoms with E-state index in [1.54, 1.807) is 38.6 Å². The first kappa shape index (κ1) is 26.8. The SMILES string of the molecule is CCc1cc([C@H](COC)Oc2ccc(C(=O)NCC3CCC(C(=O)O)CC3)cc2Cl)c(OC)cn1. The van der Waals surface area contributed by atoms with Gasteiger partial charge in [-0.05, 0) is 62.3 Å². The number of carboxylic acid groups (broad SMARTS) is 1. The molecule has 1 amide bonds. The average Bonchev–Trinajstić information content (AvgIpc) is 2.87. The molecule has 2 aromatic rings. The normalized spacial score (nSPS) is 18.5. The highest BCUT2D eigenvalue weighted by molar-refractivity contribution is 6.32. The molecule has 1 aromatic carbocycles. The van der Waals surface area contributed by atoms with E-state index >= 15 is 0 Å². The molecule has 9 heteroatoms. The topological polar surface area (TPSA) is 107 Å². The molecular weight excluding hydrogens is 472 g/mol. The van der Waals surface area contributed by atoms with Crippen LogP contribution in [0.5, 0.6) is 11.5 Å². The Morgan fingerprint density at radius 1 is 1.17 bits per heavy atom. The molecular formula is C26H33ClN2O6. The van der Waals surface area contributed by atoms with Crippen LogP contribution in [0.4, 0.5) is 0 Å². The zero-order valence-corrected chi connectivity index (χ0v) is 21.1. The monoisotopic (exact) mass is 504 g/mol. The molecule has 1 aromatic heterocycles. The van der Waals surface area contributed by atoms with Gasteiger partial charge in [-0.25, -0.2) is 0 Å². The Bertz CT molecular complexity index is 1020. The lowest BCUT2D eigenvalue weighted by atomic mass is 9.82. The van der Waals surface area contributed by atoms with Gasteiger partial charge in [0.1, 0.15) is 11.5 Å². The van der Waals surface area contributed by atoms with E-state index in [-0.39, 0.29) is 24.3 Å². The van der Waals surface area contributed by atoms with Gasteiger partial charge in [-0.1, -0.05) is 18.5 Å². The van der Waals surface area contributed by atoms with Gasteiger partial charge in [0.05, 0.1) is 30.9 Å². The lowest BCUT2D eigenvalue weighted by molar-refractivity contribution is -0.143. The second kappa shape index (κ2) is 12.7. The van der Waals surface area contributed by atoms with Crippen LogP contribution in [0.15, 0.2) is 30.5 Å². The van der Waals surface area contributed by atoms with Crippen molar-refractivity contribution in [2.75, 3.05) is 27.4 Å². The number of amides is 1. The van der Waals surface area contributed by atoms with Crippen molar-refractivity contribution in [3.05, 3.63) is 52.3 Å². The molecule has 1 atom stereocenters. The number of aryl methyl sites for hydroxylation is 1. The fourth-order valence-electron chi connectivity index (χ4n) is 4.30. The second-order valence-electron chi connectivity index (χ2n) is 8.74. The zero-order valence-electron chi connectivity index (χ0n) is 20.4. The van der Waals surface area contributed by atoms with Crippen molar-refractivity contribution in [3.63, 3.8) is 0 Å². The van der Waals surface area contributed by atoms with E-state index in [1.807, 2.05) is 13.0 Å². The van der Waals surface area contributed by atoms with Crippen LogP contribution in [0, 0.1) is 11.8 Å². The molecule has 1 heterocycles. The van der Waals surface area contributed by atoms with E-state index in [0.717, 1.165) is 30.5 Å². The lowest BCUT2D eigenvalue weighted by Crippen LogP contribution is -2.32. The van der Waals surface area contributed by atoms with Gasteiger partial charge in [0.15, 0.2) is 6.10 Å². The maximum absolute atomic E-state index is 12.7. The zero-order chi connectivity index (χ0) is 25.4. The van der Waals surface area contributed by atoms with Gasteiger partial charge in [0.2, 0.25) is 0 Å². The summed E-state index contributed by atoms with van der Waals surface area (Å²) in [6.07, 6.45) is 4.84. The van der Waals surface area contributed by atoms with Crippen molar-refractivity contribution in [2.45, 2.75) is 45.1 Å². The van der Waals surface area contributed by atoms with Crippen molar-refractivity contribution >= 4 is 23.5 Å². The predicted molar refractivity (Wildman–Crippen MR) is 132 cm³/mol. The fourth-order valence-corrected chi connectivity index (χ4v) is 4.53. The summed E-state index contributed by atoms with van der Waals surface area (Å²) in [5.74, 6) is 0.0747. The number of methoxy groups -OCH3 is 2. The Morgan fingerprint density at radius 3 is 2.51 bits per heavy atom. The van der Waals surface area contributed by atoms with Crippen LogP contribution in [0.3, 0.4) is 0 Å². The molecule has 3 rings (SSSR count). The first-order valence-electron chi connectivity index (χ1n) is 11.8. The third kappa shape index (κ3) is 7.08. The van der Waals surface area contributed by atoms with Crippen LogP contribution in [-0.2, 0) is 16.0 Å². The van der Waals surface area contributed by atoms with E-state index in [0.29, 0.717) is 41.5 Å². The van der Waals surface area contributed by atoms with Gasteiger partial charge in [0.25, 0.3) is 5.91 Å². The lowest BCUT2D eigenvalue weighted by Gasteiger charge is -2.26. The predicted octanol–water partition coefficient (Wildman–Crippen LogP) is 4.69. The van der Waals surface area contributed by atoms with E-state index < -0.39 is 12.1 Å². The van der Waals surface area contributed by atoms with Crippen LogP contribution in [0.1, 0.15) is 60.3 Å².